The molecule has 3 N–H and O–H groups in total. The summed E-state index contributed by atoms with van der Waals surface area (Å²) in [5, 5.41) is 27.4. The molecule has 0 heterocycles. The molecule has 0 saturated carbocycles. The quantitative estimate of drug-likeness (QED) is 0.0923. The molecule has 0 fully saturated rings. The molecular weight excluding hydrogens is 422 g/mol. The first-order valence-electron chi connectivity index (χ1n) is 13.0. The lowest BCUT2D eigenvalue weighted by atomic mass is 10.0. The van der Waals surface area contributed by atoms with Crippen molar-refractivity contribution in [2.24, 2.45) is 0 Å². The Morgan fingerprint density at radius 2 is 0.879 bits per heavy atom. The van der Waals surface area contributed by atoms with E-state index in [1.165, 1.54) is 77.0 Å². The highest BCUT2D eigenvalue weighted by Crippen LogP contribution is 2.15. The summed E-state index contributed by atoms with van der Waals surface area (Å²) in [6.45, 7) is 1.06. The van der Waals surface area contributed by atoms with E-state index < -0.39 is 42.0 Å². The van der Waals surface area contributed by atoms with Crippen molar-refractivity contribution in [2.45, 2.75) is 110 Å². The van der Waals surface area contributed by atoms with E-state index in [1.807, 2.05) is 0 Å². The molecule has 192 valence electrons. The van der Waals surface area contributed by atoms with Gasteiger partial charge < -0.3 is 15.3 Å². The Morgan fingerprint density at radius 3 is 1.24 bits per heavy atom. The minimum atomic E-state index is -1.17. The molecule has 33 heavy (non-hydrogen) atoms. The Kier molecular flexibility index (Phi) is 19.5. The van der Waals surface area contributed by atoms with Gasteiger partial charge in [0.1, 0.15) is 0 Å². The average molecular weight is 471 g/mol. The largest absolute Gasteiger partial charge is 0.477 e. The van der Waals surface area contributed by atoms with Gasteiger partial charge in [-0.1, -0.05) is 83.3 Å². The van der Waals surface area contributed by atoms with Crippen molar-refractivity contribution in [1.29, 1.82) is 0 Å². The molecular formula is C26H48NO6+. The van der Waals surface area contributed by atoms with Crippen LogP contribution in [0.5, 0.6) is 0 Å². The molecule has 0 radical (unpaired) electrons. The van der Waals surface area contributed by atoms with Gasteiger partial charge in [0.05, 0.1) is 6.54 Å². The van der Waals surface area contributed by atoms with E-state index in [1.54, 1.807) is 0 Å². The zero-order chi connectivity index (χ0) is 24.8. The second-order valence-corrected chi connectivity index (χ2v) is 9.37. The summed E-state index contributed by atoms with van der Waals surface area (Å²) in [6.07, 6.45) is 23.5. The smallest absolute Gasteiger partial charge is 0.359 e. The molecule has 0 aliphatic heterocycles. The van der Waals surface area contributed by atoms with Gasteiger partial charge in [0, 0.05) is 0 Å². The highest BCUT2D eigenvalue weighted by Gasteiger charge is 2.35. The summed E-state index contributed by atoms with van der Waals surface area (Å²) in [6, 6.07) is 0. The van der Waals surface area contributed by atoms with Crippen molar-refractivity contribution in [3.05, 3.63) is 12.2 Å². The summed E-state index contributed by atoms with van der Waals surface area (Å²) in [4.78, 5) is 33.5. The van der Waals surface area contributed by atoms with Crippen LogP contribution in [-0.4, -0.2) is 63.9 Å². The van der Waals surface area contributed by atoms with Crippen molar-refractivity contribution in [1.82, 2.24) is 0 Å². The van der Waals surface area contributed by atoms with Crippen molar-refractivity contribution >= 4 is 17.9 Å². The number of aliphatic carboxylic acids is 3. The van der Waals surface area contributed by atoms with Crippen LogP contribution in [0, 0.1) is 0 Å². The van der Waals surface area contributed by atoms with E-state index in [4.69, 9.17) is 15.3 Å². The van der Waals surface area contributed by atoms with Crippen LogP contribution < -0.4 is 0 Å². The summed E-state index contributed by atoms with van der Waals surface area (Å²) in [5.74, 6) is -3.51. The molecule has 0 bridgehead atoms. The van der Waals surface area contributed by atoms with E-state index in [2.05, 4.69) is 19.1 Å². The van der Waals surface area contributed by atoms with E-state index in [0.29, 0.717) is 6.42 Å². The van der Waals surface area contributed by atoms with Gasteiger partial charge in [0.25, 0.3) is 0 Å². The number of hydrogen-bond donors (Lipinski definition) is 3. The second-order valence-electron chi connectivity index (χ2n) is 9.37. The fraction of sp³-hybridized carbons (Fsp3) is 0.808. The van der Waals surface area contributed by atoms with E-state index in [-0.39, 0.29) is 6.54 Å². The molecule has 7 nitrogen and oxygen atoms in total. The first-order valence-corrected chi connectivity index (χ1v) is 13.0. The molecule has 0 atom stereocenters. The monoisotopic (exact) mass is 470 g/mol. The maximum absolute atomic E-state index is 11.2. The third-order valence-electron chi connectivity index (χ3n) is 6.06. The van der Waals surface area contributed by atoms with Crippen LogP contribution in [0.1, 0.15) is 110 Å². The number of carboxylic acids is 3. The van der Waals surface area contributed by atoms with Crippen molar-refractivity contribution in [2.75, 3.05) is 26.2 Å². The van der Waals surface area contributed by atoms with Gasteiger partial charge >= 0.3 is 17.9 Å². The molecule has 0 aliphatic carbocycles. The van der Waals surface area contributed by atoms with Crippen LogP contribution in [0.4, 0.5) is 0 Å². The number of nitrogens with zero attached hydrogens (tertiary/aromatic N) is 1. The van der Waals surface area contributed by atoms with Gasteiger partial charge in [-0.15, -0.1) is 0 Å². The third-order valence-corrected chi connectivity index (χ3v) is 6.06. The lowest BCUT2D eigenvalue weighted by Crippen LogP contribution is -2.57. The molecule has 0 amide bonds. The maximum Gasteiger partial charge on any atom is 0.359 e. The van der Waals surface area contributed by atoms with Gasteiger partial charge in [-0.25, -0.2) is 14.4 Å². The van der Waals surface area contributed by atoms with Crippen LogP contribution in [0.2, 0.25) is 0 Å². The van der Waals surface area contributed by atoms with Gasteiger partial charge in [-0.3, -0.25) is 4.48 Å². The molecule has 0 aliphatic rings. The number of carbonyl (C=O) groups is 3. The predicted molar refractivity (Wildman–Crippen MR) is 131 cm³/mol. The number of rotatable bonds is 24. The maximum atomic E-state index is 11.2. The topological polar surface area (TPSA) is 112 Å². The fourth-order valence-corrected chi connectivity index (χ4v) is 4.31. The number of hydrogen-bond acceptors (Lipinski definition) is 3. The molecule has 0 aromatic rings. The zero-order valence-electron chi connectivity index (χ0n) is 20.8. The Labute approximate surface area is 200 Å². The average Bonchev–Trinajstić information content (AvgIpc) is 2.71. The highest BCUT2D eigenvalue weighted by molar-refractivity contribution is 5.73. The fourth-order valence-electron chi connectivity index (χ4n) is 4.31. The molecule has 0 aromatic carbocycles. The van der Waals surface area contributed by atoms with Crippen molar-refractivity contribution < 1.29 is 34.2 Å². The van der Waals surface area contributed by atoms with Gasteiger partial charge in [0.15, 0.2) is 19.6 Å². The van der Waals surface area contributed by atoms with Crippen molar-refractivity contribution in [3.8, 4) is 0 Å². The van der Waals surface area contributed by atoms with Crippen LogP contribution in [-0.2, 0) is 14.4 Å². The Morgan fingerprint density at radius 1 is 0.545 bits per heavy atom. The van der Waals surface area contributed by atoms with Crippen LogP contribution in [0.25, 0.3) is 0 Å². The van der Waals surface area contributed by atoms with E-state index in [0.717, 1.165) is 19.3 Å². The summed E-state index contributed by atoms with van der Waals surface area (Å²) >= 11 is 0. The molecule has 0 rings (SSSR count). The normalized spacial score (nSPS) is 11.8. The number of unbranched alkanes of at least 4 members (excludes halogenated alkanes) is 14. The summed E-state index contributed by atoms with van der Waals surface area (Å²) in [5.41, 5.74) is 0. The molecule has 7 heteroatoms. The number of carboxylic acid groups (broad SMARTS) is 3. The first-order chi connectivity index (χ1) is 15.8. The summed E-state index contributed by atoms with van der Waals surface area (Å²) < 4.78 is -0.436. The van der Waals surface area contributed by atoms with Crippen molar-refractivity contribution in [3.63, 3.8) is 0 Å². The SMILES string of the molecule is CCCCCC/C=C/CCCCCCCCCCCC[N+](CC(=O)O)(CC(=O)O)CC(=O)O. The van der Waals surface area contributed by atoms with Crippen LogP contribution in [0.3, 0.4) is 0 Å². The van der Waals surface area contributed by atoms with E-state index in [9.17, 15) is 14.4 Å². The Balaban J connectivity index is 3.79. The standard InChI is InChI=1S/C26H47NO6/c1-2-3-4-5-6-7-8-9-10-11-12-13-14-15-16-17-18-19-20-27(21-24(28)29,22-25(30)31)23-26(32)33/h7-8H,2-6,9-23H2,1H3,(H2-,28,29,30,31,32,33)/p+1/b8-7+. The zero-order valence-corrected chi connectivity index (χ0v) is 20.8. The molecule has 0 aromatic heterocycles. The summed E-state index contributed by atoms with van der Waals surface area (Å²) in [7, 11) is 0. The van der Waals surface area contributed by atoms with Gasteiger partial charge in [-0.2, -0.15) is 0 Å². The molecule has 0 saturated heterocycles. The van der Waals surface area contributed by atoms with Crippen LogP contribution in [0.15, 0.2) is 12.2 Å². The van der Waals surface area contributed by atoms with Gasteiger partial charge in [-0.05, 0) is 38.5 Å². The van der Waals surface area contributed by atoms with Gasteiger partial charge in [0.2, 0.25) is 0 Å². The minimum absolute atomic E-state index is 0.262. The van der Waals surface area contributed by atoms with Crippen LogP contribution >= 0.6 is 0 Å². The predicted octanol–water partition coefficient (Wildman–Crippen LogP) is 5.87. The van der Waals surface area contributed by atoms with E-state index >= 15 is 0 Å². The molecule has 0 spiro atoms. The highest BCUT2D eigenvalue weighted by atomic mass is 16.4. The number of quaternary nitrogens is 1. The first kappa shape index (κ1) is 31.1. The Hall–Kier alpha value is -1.89. The third kappa shape index (κ3) is 20.4. The second kappa shape index (κ2) is 20.7. The molecule has 0 unspecified atom stereocenters. The lowest BCUT2D eigenvalue weighted by Gasteiger charge is -2.34. The lowest BCUT2D eigenvalue weighted by molar-refractivity contribution is -0.907. The minimum Gasteiger partial charge on any atom is -0.477 e. The Bertz CT molecular complexity index is 520. The number of allylic oxidation sites excluding steroid dienone is 2.